The lowest BCUT2D eigenvalue weighted by atomic mass is 9.90. The van der Waals surface area contributed by atoms with E-state index in [1.54, 1.807) is 84.9 Å². The van der Waals surface area contributed by atoms with Crippen molar-refractivity contribution in [2.75, 3.05) is 9.80 Å². The summed E-state index contributed by atoms with van der Waals surface area (Å²) < 4.78 is 128. The summed E-state index contributed by atoms with van der Waals surface area (Å²) in [6.07, 6.45) is 0. The van der Waals surface area contributed by atoms with Gasteiger partial charge in [-0.3, -0.25) is 0 Å². The number of hydrogen-bond acceptors (Lipinski definition) is 2. The van der Waals surface area contributed by atoms with Gasteiger partial charge < -0.3 is 9.80 Å². The SMILES string of the molecule is [2H]c1c([2H])c([2H])c(N(c2c(-c3ccccc3)ccc(-c3ccccc3)c2F)c2ccc3ccc4c(N(c5c([2H])c([2H])c([2H])c([2H])c5[2H])c5c(-c6ccccc6)ccc(-c6ccccc6)c5F)ccc5ccc2c3c54)c([2H])c1[2H]. The Morgan fingerprint density at radius 2 is 0.618 bits per heavy atom. The average molecular weight is 887 g/mol. The van der Waals surface area contributed by atoms with E-state index in [4.69, 9.17) is 8.22 Å². The minimum absolute atomic E-state index is 0.0774. The highest BCUT2D eigenvalue weighted by Gasteiger charge is 2.29. The molecule has 12 rings (SSSR count). The molecule has 0 aliphatic heterocycles. The average Bonchev–Trinajstić information content (AvgIpc) is 3.55. The fourth-order valence-corrected chi connectivity index (χ4v) is 9.53. The Morgan fingerprint density at radius 1 is 0.309 bits per heavy atom. The van der Waals surface area contributed by atoms with E-state index in [0.717, 1.165) is 0 Å². The van der Waals surface area contributed by atoms with Crippen LogP contribution in [0.1, 0.15) is 13.7 Å². The van der Waals surface area contributed by atoms with Crippen LogP contribution < -0.4 is 9.80 Å². The normalized spacial score (nSPS) is 13.4. The quantitative estimate of drug-likeness (QED) is 0.126. The standard InChI is InChI=1S/C64H42F2N2/c65-61-51(43-19-7-1-8-20-43)37-39-53(45-23-11-3-12-24-45)63(61)67(49-27-15-5-16-28-49)57-41-33-47-32-36-56-58(42-34-48-31-35-55(57)59(47)60(48)56)68(50-29-17-6-18-30-50)64-54(46-25-13-4-14-26-46)40-38-52(62(64)66)44-21-9-2-10-22-44/h1-42H/i5D,6D,15D,16D,17D,18D,27D,28D,29D,30D. The van der Waals surface area contributed by atoms with Gasteiger partial charge in [-0.05, 0) is 80.1 Å². The molecular weight excluding hydrogens is 835 g/mol. The minimum atomic E-state index is -0.717. The summed E-state index contributed by atoms with van der Waals surface area (Å²) in [5.74, 6) is -1.43. The van der Waals surface area contributed by atoms with E-state index < -0.39 is 72.1 Å². The van der Waals surface area contributed by atoms with Crippen molar-refractivity contribution in [2.24, 2.45) is 0 Å². The second-order valence-electron chi connectivity index (χ2n) is 16.3. The molecule has 0 N–H and O–H groups in total. The molecule has 68 heavy (non-hydrogen) atoms. The molecule has 0 unspecified atom stereocenters. The molecule has 0 saturated heterocycles. The van der Waals surface area contributed by atoms with Crippen molar-refractivity contribution in [3.8, 4) is 44.5 Å². The first kappa shape index (κ1) is 31.1. The van der Waals surface area contributed by atoms with Crippen molar-refractivity contribution in [3.05, 3.63) is 266 Å². The van der Waals surface area contributed by atoms with Gasteiger partial charge in [0.2, 0.25) is 0 Å². The summed E-state index contributed by atoms with van der Waals surface area (Å²) in [6, 6.07) is 51.4. The van der Waals surface area contributed by atoms with Crippen LogP contribution in [0.3, 0.4) is 0 Å². The highest BCUT2D eigenvalue weighted by atomic mass is 19.1. The molecule has 0 amide bonds. The molecule has 0 spiro atoms. The Bertz CT molecular complexity index is 4020. The molecule has 0 bridgehead atoms. The summed E-state index contributed by atoms with van der Waals surface area (Å²) in [6.45, 7) is 0. The second-order valence-corrected chi connectivity index (χ2v) is 16.3. The largest absolute Gasteiger partial charge is 0.307 e. The highest BCUT2D eigenvalue weighted by molar-refractivity contribution is 6.28. The zero-order valence-corrected chi connectivity index (χ0v) is 36.1. The number of anilines is 6. The summed E-state index contributed by atoms with van der Waals surface area (Å²) in [7, 11) is 0. The predicted octanol–water partition coefficient (Wildman–Crippen LogP) is 18.5. The number of para-hydroxylation sites is 2. The molecule has 0 saturated carbocycles. The molecule has 0 aliphatic rings. The summed E-state index contributed by atoms with van der Waals surface area (Å²) in [5, 5.41) is 3.56. The molecule has 0 aromatic heterocycles. The van der Waals surface area contributed by atoms with Crippen LogP contribution in [-0.2, 0) is 0 Å². The van der Waals surface area contributed by atoms with Gasteiger partial charge in [-0.1, -0.05) is 218 Å². The predicted molar refractivity (Wildman–Crippen MR) is 281 cm³/mol. The van der Waals surface area contributed by atoms with Gasteiger partial charge in [0, 0.05) is 44.4 Å². The van der Waals surface area contributed by atoms with Crippen molar-refractivity contribution in [1.29, 1.82) is 0 Å². The number of halogens is 2. The van der Waals surface area contributed by atoms with Crippen LogP contribution in [0, 0.1) is 11.6 Å². The van der Waals surface area contributed by atoms with Gasteiger partial charge in [0.1, 0.15) is 0 Å². The van der Waals surface area contributed by atoms with Crippen LogP contribution in [0.2, 0.25) is 0 Å². The van der Waals surface area contributed by atoms with Crippen molar-refractivity contribution in [1.82, 2.24) is 0 Å². The van der Waals surface area contributed by atoms with E-state index in [1.807, 2.05) is 109 Å². The Morgan fingerprint density at radius 3 is 0.971 bits per heavy atom. The Hall–Kier alpha value is -8.86. The minimum Gasteiger partial charge on any atom is -0.307 e. The Balaban J connectivity index is 1.21. The van der Waals surface area contributed by atoms with Crippen molar-refractivity contribution < 1.29 is 22.5 Å². The first-order valence-electron chi connectivity index (χ1n) is 27.1. The lowest BCUT2D eigenvalue weighted by molar-refractivity contribution is 0.632. The van der Waals surface area contributed by atoms with Crippen LogP contribution in [0.4, 0.5) is 42.9 Å². The van der Waals surface area contributed by atoms with Crippen molar-refractivity contribution >= 4 is 66.4 Å². The van der Waals surface area contributed by atoms with Gasteiger partial charge in [0.05, 0.1) is 36.5 Å². The van der Waals surface area contributed by atoms with Crippen molar-refractivity contribution in [2.45, 2.75) is 0 Å². The van der Waals surface area contributed by atoms with E-state index in [-0.39, 0.29) is 45.3 Å². The lowest BCUT2D eigenvalue weighted by Crippen LogP contribution is -2.15. The van der Waals surface area contributed by atoms with Gasteiger partial charge in [-0.15, -0.1) is 0 Å². The van der Waals surface area contributed by atoms with E-state index in [9.17, 15) is 5.48 Å². The van der Waals surface area contributed by atoms with Crippen LogP contribution in [0.15, 0.2) is 255 Å². The van der Waals surface area contributed by atoms with E-state index in [1.165, 1.54) is 9.80 Å². The molecule has 0 radical (unpaired) electrons. The summed E-state index contributed by atoms with van der Waals surface area (Å²) in [4.78, 5) is 2.85. The molecule has 4 heteroatoms. The fourth-order valence-electron chi connectivity index (χ4n) is 9.53. The van der Waals surface area contributed by atoms with Gasteiger partial charge in [-0.2, -0.15) is 0 Å². The molecule has 0 heterocycles. The third-order valence-corrected chi connectivity index (χ3v) is 12.5. The zero-order chi connectivity index (χ0) is 54.3. The monoisotopic (exact) mass is 886 g/mol. The van der Waals surface area contributed by atoms with Crippen molar-refractivity contribution in [3.63, 3.8) is 0 Å². The first-order chi connectivity index (χ1) is 37.8. The lowest BCUT2D eigenvalue weighted by Gasteiger charge is -2.32. The smallest absolute Gasteiger partial charge is 0.155 e. The molecular formula is C64H42F2N2. The Kier molecular flexibility index (Phi) is 7.86. The molecule has 12 aromatic rings. The van der Waals surface area contributed by atoms with Gasteiger partial charge >= 0.3 is 0 Å². The maximum absolute atomic E-state index is 18.4. The van der Waals surface area contributed by atoms with Gasteiger partial charge in [0.25, 0.3) is 0 Å². The maximum atomic E-state index is 18.4. The van der Waals surface area contributed by atoms with Crippen LogP contribution in [0.25, 0.3) is 76.8 Å². The maximum Gasteiger partial charge on any atom is 0.155 e. The fraction of sp³-hybridized carbons (Fsp3) is 0. The van der Waals surface area contributed by atoms with Crippen LogP contribution in [0.5, 0.6) is 0 Å². The molecule has 0 atom stereocenters. The van der Waals surface area contributed by atoms with Gasteiger partial charge in [-0.25, -0.2) is 8.78 Å². The van der Waals surface area contributed by atoms with Gasteiger partial charge in [0.15, 0.2) is 11.6 Å². The van der Waals surface area contributed by atoms with Crippen LogP contribution >= 0.6 is 0 Å². The van der Waals surface area contributed by atoms with Crippen LogP contribution in [-0.4, -0.2) is 0 Å². The highest BCUT2D eigenvalue weighted by Crippen LogP contribution is 2.52. The second kappa shape index (κ2) is 17.2. The number of nitrogens with zero attached hydrogens (tertiary/aromatic N) is 2. The van der Waals surface area contributed by atoms with E-state index in [0.29, 0.717) is 65.7 Å². The Labute approximate surface area is 408 Å². The third kappa shape index (κ3) is 6.94. The summed E-state index contributed by atoms with van der Waals surface area (Å²) >= 11 is 0. The summed E-state index contributed by atoms with van der Waals surface area (Å²) in [5.41, 5.74) is 3.20. The molecule has 2 nitrogen and oxygen atoms in total. The first-order valence-corrected chi connectivity index (χ1v) is 22.1. The topological polar surface area (TPSA) is 6.48 Å². The number of hydrogen-bond donors (Lipinski definition) is 0. The number of rotatable bonds is 10. The van der Waals surface area contributed by atoms with E-state index >= 15 is 8.78 Å². The third-order valence-electron chi connectivity index (χ3n) is 12.5. The molecule has 0 aliphatic carbocycles. The zero-order valence-electron chi connectivity index (χ0n) is 46.1. The molecule has 12 aromatic carbocycles. The number of benzene rings is 12. The molecule has 0 fully saturated rings. The molecule has 322 valence electrons. The van der Waals surface area contributed by atoms with E-state index in [2.05, 4.69) is 0 Å².